The maximum absolute atomic E-state index is 6.59. The Balaban J connectivity index is 2.22. The molecule has 0 radical (unpaired) electrons. The van der Waals surface area contributed by atoms with Crippen LogP contribution < -0.4 is 10.5 Å². The Bertz CT molecular complexity index is 447. The van der Waals surface area contributed by atoms with Crippen LogP contribution in [0.15, 0.2) is 16.6 Å². The zero-order valence-corrected chi connectivity index (χ0v) is 13.6. The van der Waals surface area contributed by atoms with E-state index < -0.39 is 0 Å². The third-order valence-corrected chi connectivity index (χ3v) is 4.56. The molecule has 1 heterocycles. The molecule has 1 aliphatic rings. The summed E-state index contributed by atoms with van der Waals surface area (Å²) < 4.78 is 6.94. The summed E-state index contributed by atoms with van der Waals surface area (Å²) in [5, 5.41) is 0. The number of unbranched alkanes of at least 4 members (excludes halogenated alkanes) is 1. The average Bonchev–Trinajstić information content (AvgIpc) is 2.84. The first kappa shape index (κ1) is 14.9. The average molecular weight is 326 g/mol. The lowest BCUT2D eigenvalue weighted by Gasteiger charge is -2.29. The Morgan fingerprint density at radius 2 is 2.16 bits per heavy atom. The van der Waals surface area contributed by atoms with Crippen molar-refractivity contribution in [2.45, 2.75) is 57.9 Å². The quantitative estimate of drug-likeness (QED) is 0.849. The van der Waals surface area contributed by atoms with Gasteiger partial charge in [-0.1, -0.05) is 42.6 Å². The van der Waals surface area contributed by atoms with Crippen LogP contribution in [0.2, 0.25) is 0 Å². The second-order valence-electron chi connectivity index (χ2n) is 5.65. The van der Waals surface area contributed by atoms with E-state index in [0.717, 1.165) is 42.5 Å². The Hall–Kier alpha value is -0.540. The van der Waals surface area contributed by atoms with Crippen LogP contribution in [-0.2, 0) is 12.8 Å². The molecular formula is C16H24BrNO. The van der Waals surface area contributed by atoms with Gasteiger partial charge in [0.05, 0.1) is 6.61 Å². The minimum Gasteiger partial charge on any atom is -0.493 e. The molecule has 2 rings (SSSR count). The van der Waals surface area contributed by atoms with Gasteiger partial charge in [-0.05, 0) is 42.5 Å². The summed E-state index contributed by atoms with van der Waals surface area (Å²) in [5.74, 6) is 1.09. The zero-order valence-electron chi connectivity index (χ0n) is 12.0. The maximum atomic E-state index is 6.59. The molecule has 1 aromatic carbocycles. The van der Waals surface area contributed by atoms with Crippen LogP contribution in [0, 0.1) is 0 Å². The number of ether oxygens (including phenoxy) is 1. The van der Waals surface area contributed by atoms with E-state index in [1.165, 1.54) is 24.0 Å². The third kappa shape index (κ3) is 3.51. The second-order valence-corrected chi connectivity index (χ2v) is 6.56. The summed E-state index contributed by atoms with van der Waals surface area (Å²) in [6.07, 6.45) is 6.41. The predicted molar refractivity (Wildman–Crippen MR) is 83.8 cm³/mol. The van der Waals surface area contributed by atoms with E-state index in [0.29, 0.717) is 0 Å². The van der Waals surface area contributed by atoms with Crippen LogP contribution >= 0.6 is 15.9 Å². The van der Waals surface area contributed by atoms with Crippen molar-refractivity contribution in [3.63, 3.8) is 0 Å². The topological polar surface area (TPSA) is 35.2 Å². The first-order valence-electron chi connectivity index (χ1n) is 7.31. The first-order valence-corrected chi connectivity index (χ1v) is 8.10. The molecule has 0 fully saturated rings. The zero-order chi connectivity index (χ0) is 13.9. The largest absolute Gasteiger partial charge is 0.493 e. The second kappa shape index (κ2) is 6.27. The van der Waals surface area contributed by atoms with Crippen LogP contribution in [0.1, 0.15) is 50.7 Å². The number of fused-ring (bicyclic) bond motifs is 1. The molecule has 19 heavy (non-hydrogen) atoms. The summed E-state index contributed by atoms with van der Waals surface area (Å²) in [6.45, 7) is 5.21. The SMILES string of the molecule is CCCCC(N)(CC)Cc1cc(Br)cc2c1OCC2. The molecule has 1 aliphatic heterocycles. The Kier molecular flexibility index (Phi) is 4.91. The molecular weight excluding hydrogens is 302 g/mol. The van der Waals surface area contributed by atoms with Crippen molar-refractivity contribution in [3.8, 4) is 5.75 Å². The highest BCUT2D eigenvalue weighted by atomic mass is 79.9. The van der Waals surface area contributed by atoms with Crippen molar-refractivity contribution in [1.29, 1.82) is 0 Å². The van der Waals surface area contributed by atoms with E-state index in [1.807, 2.05) is 0 Å². The molecule has 0 bridgehead atoms. The Labute approximate surface area is 124 Å². The number of nitrogens with two attached hydrogens (primary N) is 1. The van der Waals surface area contributed by atoms with E-state index in [2.05, 4.69) is 41.9 Å². The van der Waals surface area contributed by atoms with Crippen molar-refractivity contribution >= 4 is 15.9 Å². The summed E-state index contributed by atoms with van der Waals surface area (Å²) in [6, 6.07) is 4.34. The predicted octanol–water partition coefficient (Wildman–Crippen LogP) is 4.22. The van der Waals surface area contributed by atoms with Gasteiger partial charge in [0.1, 0.15) is 5.75 Å². The fourth-order valence-corrected chi connectivity index (χ4v) is 3.33. The lowest BCUT2D eigenvalue weighted by Crippen LogP contribution is -2.41. The molecule has 0 amide bonds. The number of hydrogen-bond donors (Lipinski definition) is 1. The van der Waals surface area contributed by atoms with Gasteiger partial charge in [-0.3, -0.25) is 0 Å². The molecule has 106 valence electrons. The van der Waals surface area contributed by atoms with Gasteiger partial charge in [-0.2, -0.15) is 0 Å². The van der Waals surface area contributed by atoms with Gasteiger partial charge in [-0.25, -0.2) is 0 Å². The van der Waals surface area contributed by atoms with E-state index >= 15 is 0 Å². The van der Waals surface area contributed by atoms with E-state index in [9.17, 15) is 0 Å². The number of hydrogen-bond acceptors (Lipinski definition) is 2. The van der Waals surface area contributed by atoms with Crippen LogP contribution in [0.4, 0.5) is 0 Å². The Morgan fingerprint density at radius 3 is 2.84 bits per heavy atom. The van der Waals surface area contributed by atoms with E-state index in [-0.39, 0.29) is 5.54 Å². The van der Waals surface area contributed by atoms with Crippen molar-refractivity contribution in [2.75, 3.05) is 6.61 Å². The minimum absolute atomic E-state index is 0.101. The van der Waals surface area contributed by atoms with Crippen LogP contribution in [-0.4, -0.2) is 12.1 Å². The molecule has 0 aliphatic carbocycles. The highest BCUT2D eigenvalue weighted by Gasteiger charge is 2.26. The fraction of sp³-hybridized carbons (Fsp3) is 0.625. The van der Waals surface area contributed by atoms with Crippen LogP contribution in [0.3, 0.4) is 0 Å². The summed E-state index contributed by atoms with van der Waals surface area (Å²) in [4.78, 5) is 0. The highest BCUT2D eigenvalue weighted by molar-refractivity contribution is 9.10. The monoisotopic (exact) mass is 325 g/mol. The molecule has 0 saturated carbocycles. The third-order valence-electron chi connectivity index (χ3n) is 4.10. The number of rotatable bonds is 6. The van der Waals surface area contributed by atoms with Crippen LogP contribution in [0.5, 0.6) is 5.75 Å². The molecule has 0 spiro atoms. The van der Waals surface area contributed by atoms with E-state index in [1.54, 1.807) is 0 Å². The highest BCUT2D eigenvalue weighted by Crippen LogP contribution is 2.36. The van der Waals surface area contributed by atoms with E-state index in [4.69, 9.17) is 10.5 Å². The lowest BCUT2D eigenvalue weighted by atomic mass is 9.84. The van der Waals surface area contributed by atoms with Crippen molar-refractivity contribution in [1.82, 2.24) is 0 Å². The maximum Gasteiger partial charge on any atom is 0.125 e. The lowest BCUT2D eigenvalue weighted by molar-refractivity contribution is 0.335. The van der Waals surface area contributed by atoms with Gasteiger partial charge in [0.15, 0.2) is 0 Å². The molecule has 1 unspecified atom stereocenters. The molecule has 2 nitrogen and oxygen atoms in total. The number of halogens is 1. The summed E-state index contributed by atoms with van der Waals surface area (Å²) in [5.41, 5.74) is 9.07. The van der Waals surface area contributed by atoms with Crippen LogP contribution in [0.25, 0.3) is 0 Å². The van der Waals surface area contributed by atoms with Crippen molar-refractivity contribution in [2.24, 2.45) is 5.73 Å². The molecule has 0 aromatic heterocycles. The smallest absolute Gasteiger partial charge is 0.125 e. The molecule has 1 aromatic rings. The molecule has 2 N–H and O–H groups in total. The first-order chi connectivity index (χ1) is 9.08. The molecule has 3 heteroatoms. The van der Waals surface area contributed by atoms with Crippen molar-refractivity contribution in [3.05, 3.63) is 27.7 Å². The Morgan fingerprint density at radius 1 is 1.37 bits per heavy atom. The van der Waals surface area contributed by atoms with Gasteiger partial charge in [-0.15, -0.1) is 0 Å². The molecule has 1 atom stereocenters. The summed E-state index contributed by atoms with van der Waals surface area (Å²) >= 11 is 3.60. The van der Waals surface area contributed by atoms with Crippen molar-refractivity contribution < 1.29 is 4.74 Å². The van der Waals surface area contributed by atoms with Gasteiger partial charge < -0.3 is 10.5 Å². The van der Waals surface area contributed by atoms with Gasteiger partial charge in [0.25, 0.3) is 0 Å². The summed E-state index contributed by atoms with van der Waals surface area (Å²) in [7, 11) is 0. The fourth-order valence-electron chi connectivity index (χ4n) is 2.78. The normalized spacial score (nSPS) is 16.8. The van der Waals surface area contributed by atoms with Gasteiger partial charge in [0, 0.05) is 16.4 Å². The van der Waals surface area contributed by atoms with Gasteiger partial charge >= 0.3 is 0 Å². The minimum atomic E-state index is -0.101. The standard InChI is InChI=1S/C16H24BrNO/c1-3-5-7-16(18,4-2)11-13-10-14(17)9-12-6-8-19-15(12)13/h9-10H,3-8,11,18H2,1-2H3. The van der Waals surface area contributed by atoms with Gasteiger partial charge in [0.2, 0.25) is 0 Å². The number of benzene rings is 1. The molecule has 0 saturated heterocycles.